The molecule has 0 saturated heterocycles. The standard InChI is InChI=1S/C18H25NO3/c1-21-16-3-2-4-17(12-16)22-8-7-19-18(20)11-15-10-13-5-6-14(15)9-13/h2-4,12-15H,5-11H2,1H3,(H,19,20). The summed E-state index contributed by atoms with van der Waals surface area (Å²) in [5.74, 6) is 4.05. The molecule has 4 heteroatoms. The zero-order chi connectivity index (χ0) is 15.4. The molecule has 0 aromatic heterocycles. The molecule has 2 saturated carbocycles. The molecule has 3 atom stereocenters. The van der Waals surface area contributed by atoms with Crippen LogP contribution in [-0.4, -0.2) is 26.2 Å². The normalized spacial score (nSPS) is 26.0. The van der Waals surface area contributed by atoms with E-state index in [-0.39, 0.29) is 5.91 Å². The molecule has 0 aliphatic heterocycles. The number of benzene rings is 1. The first-order valence-corrected chi connectivity index (χ1v) is 8.28. The van der Waals surface area contributed by atoms with Gasteiger partial charge < -0.3 is 14.8 Å². The highest BCUT2D eigenvalue weighted by atomic mass is 16.5. The molecule has 1 N–H and O–H groups in total. The van der Waals surface area contributed by atoms with E-state index in [2.05, 4.69) is 5.32 Å². The molecule has 2 aliphatic carbocycles. The van der Waals surface area contributed by atoms with E-state index < -0.39 is 0 Å². The van der Waals surface area contributed by atoms with Gasteiger partial charge in [-0.2, -0.15) is 0 Å². The lowest BCUT2D eigenvalue weighted by molar-refractivity contribution is -0.122. The Bertz CT molecular complexity index is 517. The summed E-state index contributed by atoms with van der Waals surface area (Å²) in [6.07, 6.45) is 6.04. The number of hydrogen-bond acceptors (Lipinski definition) is 3. The van der Waals surface area contributed by atoms with E-state index in [1.165, 1.54) is 25.7 Å². The van der Waals surface area contributed by atoms with Gasteiger partial charge in [-0.05, 0) is 49.1 Å². The molecule has 1 aromatic carbocycles. The van der Waals surface area contributed by atoms with E-state index in [9.17, 15) is 4.79 Å². The monoisotopic (exact) mass is 303 g/mol. The molecule has 3 rings (SSSR count). The molecule has 0 heterocycles. The Balaban J connectivity index is 1.33. The molecule has 120 valence electrons. The second-order valence-corrected chi connectivity index (χ2v) is 6.52. The van der Waals surface area contributed by atoms with Crippen LogP contribution in [0.1, 0.15) is 32.1 Å². The average molecular weight is 303 g/mol. The molecule has 4 nitrogen and oxygen atoms in total. The van der Waals surface area contributed by atoms with Gasteiger partial charge in [0.25, 0.3) is 0 Å². The molecular formula is C18H25NO3. The number of methoxy groups -OCH3 is 1. The maximum absolute atomic E-state index is 12.0. The number of hydrogen-bond donors (Lipinski definition) is 1. The Morgan fingerprint density at radius 2 is 2.14 bits per heavy atom. The van der Waals surface area contributed by atoms with Crippen LogP contribution in [-0.2, 0) is 4.79 Å². The first-order valence-electron chi connectivity index (χ1n) is 8.28. The fraction of sp³-hybridized carbons (Fsp3) is 0.611. The van der Waals surface area contributed by atoms with Crippen LogP contribution in [0.4, 0.5) is 0 Å². The van der Waals surface area contributed by atoms with Crippen LogP contribution in [0.25, 0.3) is 0 Å². The van der Waals surface area contributed by atoms with E-state index in [1.54, 1.807) is 7.11 Å². The SMILES string of the molecule is COc1cccc(OCCNC(=O)CC2CC3CCC2C3)c1. The fourth-order valence-electron chi connectivity index (χ4n) is 3.99. The molecule has 0 radical (unpaired) electrons. The second-order valence-electron chi connectivity index (χ2n) is 6.52. The van der Waals surface area contributed by atoms with Crippen molar-refractivity contribution in [3.8, 4) is 11.5 Å². The average Bonchev–Trinajstić information content (AvgIpc) is 3.14. The van der Waals surface area contributed by atoms with Gasteiger partial charge in [-0.1, -0.05) is 12.5 Å². The number of fused-ring (bicyclic) bond motifs is 2. The Morgan fingerprint density at radius 1 is 1.27 bits per heavy atom. The molecule has 3 unspecified atom stereocenters. The minimum atomic E-state index is 0.173. The van der Waals surface area contributed by atoms with Crippen molar-refractivity contribution < 1.29 is 14.3 Å². The Kier molecular flexibility index (Phi) is 4.86. The number of amides is 1. The molecule has 2 aliphatic rings. The van der Waals surface area contributed by atoms with E-state index in [1.807, 2.05) is 24.3 Å². The fourth-order valence-corrected chi connectivity index (χ4v) is 3.99. The van der Waals surface area contributed by atoms with Gasteiger partial charge in [0.05, 0.1) is 13.7 Å². The van der Waals surface area contributed by atoms with Crippen molar-refractivity contribution >= 4 is 5.91 Å². The van der Waals surface area contributed by atoms with Gasteiger partial charge in [0.15, 0.2) is 0 Å². The highest BCUT2D eigenvalue weighted by Crippen LogP contribution is 2.49. The third kappa shape index (κ3) is 3.73. The van der Waals surface area contributed by atoms with Crippen LogP contribution < -0.4 is 14.8 Å². The summed E-state index contributed by atoms with van der Waals surface area (Å²) in [5, 5.41) is 2.97. The Morgan fingerprint density at radius 3 is 2.86 bits per heavy atom. The van der Waals surface area contributed by atoms with E-state index in [4.69, 9.17) is 9.47 Å². The van der Waals surface area contributed by atoms with Crippen LogP contribution in [0.5, 0.6) is 11.5 Å². The number of carbonyl (C=O) groups is 1. The lowest BCUT2D eigenvalue weighted by Gasteiger charge is -2.20. The van der Waals surface area contributed by atoms with Crippen LogP contribution in [0.2, 0.25) is 0 Å². The third-order valence-corrected chi connectivity index (χ3v) is 5.07. The van der Waals surface area contributed by atoms with Crippen molar-refractivity contribution in [2.75, 3.05) is 20.3 Å². The Labute approximate surface area is 132 Å². The highest BCUT2D eigenvalue weighted by molar-refractivity contribution is 5.76. The molecule has 1 aromatic rings. The number of ether oxygens (including phenoxy) is 2. The van der Waals surface area contributed by atoms with Crippen molar-refractivity contribution in [3.63, 3.8) is 0 Å². The summed E-state index contributed by atoms with van der Waals surface area (Å²) < 4.78 is 10.8. The number of nitrogens with one attached hydrogen (secondary N) is 1. The number of carbonyl (C=O) groups excluding carboxylic acids is 1. The molecule has 2 bridgehead atoms. The van der Waals surface area contributed by atoms with Gasteiger partial charge in [0.2, 0.25) is 5.91 Å². The van der Waals surface area contributed by atoms with E-state index >= 15 is 0 Å². The van der Waals surface area contributed by atoms with Crippen molar-refractivity contribution in [1.29, 1.82) is 0 Å². The maximum Gasteiger partial charge on any atom is 0.220 e. The lowest BCUT2D eigenvalue weighted by atomic mass is 9.86. The van der Waals surface area contributed by atoms with Gasteiger partial charge in [-0.3, -0.25) is 4.79 Å². The minimum absolute atomic E-state index is 0.173. The smallest absolute Gasteiger partial charge is 0.220 e. The number of rotatable bonds is 7. The zero-order valence-corrected chi connectivity index (χ0v) is 13.2. The van der Waals surface area contributed by atoms with Gasteiger partial charge in [0.1, 0.15) is 18.1 Å². The molecule has 1 amide bonds. The van der Waals surface area contributed by atoms with Gasteiger partial charge in [0, 0.05) is 12.5 Å². The lowest BCUT2D eigenvalue weighted by Crippen LogP contribution is -2.30. The molecular weight excluding hydrogens is 278 g/mol. The highest BCUT2D eigenvalue weighted by Gasteiger charge is 2.39. The summed E-state index contributed by atoms with van der Waals surface area (Å²) in [6.45, 7) is 1.03. The summed E-state index contributed by atoms with van der Waals surface area (Å²) in [4.78, 5) is 12.0. The van der Waals surface area contributed by atoms with Crippen LogP contribution in [0.15, 0.2) is 24.3 Å². The quantitative estimate of drug-likeness (QED) is 0.788. The third-order valence-electron chi connectivity index (χ3n) is 5.07. The van der Waals surface area contributed by atoms with E-state index in [0.717, 1.165) is 23.3 Å². The summed E-state index contributed by atoms with van der Waals surface area (Å²) in [6, 6.07) is 7.50. The molecule has 2 fully saturated rings. The predicted octanol–water partition coefficient (Wildman–Crippen LogP) is 3.02. The van der Waals surface area contributed by atoms with Crippen molar-refractivity contribution in [2.24, 2.45) is 17.8 Å². The summed E-state index contributed by atoms with van der Waals surface area (Å²) in [5.41, 5.74) is 0. The van der Waals surface area contributed by atoms with Gasteiger partial charge in [-0.15, -0.1) is 0 Å². The molecule has 22 heavy (non-hydrogen) atoms. The van der Waals surface area contributed by atoms with Crippen molar-refractivity contribution in [1.82, 2.24) is 5.32 Å². The first-order chi connectivity index (χ1) is 10.7. The topological polar surface area (TPSA) is 47.6 Å². The predicted molar refractivity (Wildman–Crippen MR) is 85.1 cm³/mol. The zero-order valence-electron chi connectivity index (χ0n) is 13.2. The maximum atomic E-state index is 12.0. The van der Waals surface area contributed by atoms with Gasteiger partial charge >= 0.3 is 0 Å². The Hall–Kier alpha value is -1.71. The van der Waals surface area contributed by atoms with Crippen LogP contribution in [0.3, 0.4) is 0 Å². The summed E-state index contributed by atoms with van der Waals surface area (Å²) >= 11 is 0. The van der Waals surface area contributed by atoms with Crippen molar-refractivity contribution in [2.45, 2.75) is 32.1 Å². The minimum Gasteiger partial charge on any atom is -0.497 e. The summed E-state index contributed by atoms with van der Waals surface area (Å²) in [7, 11) is 1.63. The largest absolute Gasteiger partial charge is 0.497 e. The van der Waals surface area contributed by atoms with Crippen LogP contribution >= 0.6 is 0 Å². The van der Waals surface area contributed by atoms with Crippen molar-refractivity contribution in [3.05, 3.63) is 24.3 Å². The van der Waals surface area contributed by atoms with Gasteiger partial charge in [-0.25, -0.2) is 0 Å². The molecule has 0 spiro atoms. The second kappa shape index (κ2) is 7.03. The van der Waals surface area contributed by atoms with E-state index in [0.29, 0.717) is 25.5 Å². The van der Waals surface area contributed by atoms with Crippen LogP contribution in [0, 0.1) is 17.8 Å². The first kappa shape index (κ1) is 15.2.